The number of benzene rings is 3. The van der Waals surface area contributed by atoms with E-state index in [1.165, 1.54) is 11.1 Å². The average Bonchev–Trinajstić information content (AvgIpc) is 2.86. The van der Waals surface area contributed by atoms with Crippen molar-refractivity contribution in [2.45, 2.75) is 24.8 Å². The van der Waals surface area contributed by atoms with E-state index in [0.717, 1.165) is 28.8 Å². The van der Waals surface area contributed by atoms with Crippen LogP contribution in [-0.4, -0.2) is 24.5 Å². The molecule has 0 saturated carbocycles. The molecule has 33 heavy (non-hydrogen) atoms. The summed E-state index contributed by atoms with van der Waals surface area (Å²) in [7, 11) is 1.67. The van der Waals surface area contributed by atoms with Crippen LogP contribution in [0.3, 0.4) is 0 Å². The third-order valence-electron chi connectivity index (χ3n) is 7.10. The van der Waals surface area contributed by atoms with Crippen molar-refractivity contribution in [2.24, 2.45) is 11.8 Å². The number of hydrogen-bond acceptors (Lipinski definition) is 2. The molecule has 0 aromatic heterocycles. The second-order valence-electron chi connectivity index (χ2n) is 8.98. The molecule has 0 spiro atoms. The van der Waals surface area contributed by atoms with Crippen molar-refractivity contribution in [3.8, 4) is 5.75 Å². The van der Waals surface area contributed by atoms with Crippen LogP contribution in [-0.2, 0) is 11.3 Å². The molecule has 1 fully saturated rings. The predicted octanol–water partition coefficient (Wildman–Crippen LogP) is 6.56. The van der Waals surface area contributed by atoms with Gasteiger partial charge in [-0.05, 0) is 53.3 Å². The van der Waals surface area contributed by atoms with Crippen molar-refractivity contribution in [1.82, 2.24) is 4.90 Å². The minimum atomic E-state index is -0.0617. The van der Waals surface area contributed by atoms with Gasteiger partial charge in [-0.2, -0.15) is 0 Å². The first-order chi connectivity index (χ1) is 16.1. The zero-order chi connectivity index (χ0) is 22.8. The third kappa shape index (κ3) is 4.49. The molecule has 0 unspecified atom stereocenters. The zero-order valence-corrected chi connectivity index (χ0v) is 20.3. The molecule has 168 valence electrons. The van der Waals surface area contributed by atoms with E-state index in [0.29, 0.717) is 6.54 Å². The fourth-order valence-electron chi connectivity index (χ4n) is 5.43. The van der Waals surface area contributed by atoms with Gasteiger partial charge in [0.15, 0.2) is 0 Å². The van der Waals surface area contributed by atoms with Crippen molar-refractivity contribution in [2.75, 3.05) is 13.7 Å². The number of carbonyl (C=O) groups is 1. The summed E-state index contributed by atoms with van der Waals surface area (Å²) in [5, 5.41) is 0. The maximum atomic E-state index is 14.0. The summed E-state index contributed by atoms with van der Waals surface area (Å²) in [6.45, 7) is 1.43. The van der Waals surface area contributed by atoms with E-state index >= 15 is 0 Å². The highest BCUT2D eigenvalue weighted by Gasteiger charge is 2.46. The Bertz CT molecular complexity index is 1120. The van der Waals surface area contributed by atoms with Crippen molar-refractivity contribution in [3.05, 3.63) is 112 Å². The molecule has 0 N–H and O–H groups in total. The predicted molar refractivity (Wildman–Crippen MR) is 135 cm³/mol. The van der Waals surface area contributed by atoms with E-state index in [2.05, 4.69) is 99.7 Å². The summed E-state index contributed by atoms with van der Waals surface area (Å²) in [4.78, 5) is 16.0. The number of hydrogen-bond donors (Lipinski definition) is 0. The van der Waals surface area contributed by atoms with Gasteiger partial charge < -0.3 is 9.64 Å². The minimum Gasteiger partial charge on any atom is -0.497 e. The van der Waals surface area contributed by atoms with Crippen LogP contribution in [0, 0.1) is 11.8 Å². The monoisotopic (exact) mass is 501 g/mol. The van der Waals surface area contributed by atoms with Gasteiger partial charge in [-0.3, -0.25) is 4.79 Å². The van der Waals surface area contributed by atoms with E-state index in [1.54, 1.807) is 7.11 Å². The maximum Gasteiger partial charge on any atom is 0.227 e. The summed E-state index contributed by atoms with van der Waals surface area (Å²) in [6, 6.07) is 27.2. The van der Waals surface area contributed by atoms with Crippen LogP contribution >= 0.6 is 15.9 Å². The lowest BCUT2D eigenvalue weighted by Gasteiger charge is -2.45. The number of rotatable bonds is 5. The summed E-state index contributed by atoms with van der Waals surface area (Å²) >= 11 is 3.57. The Balaban J connectivity index is 1.49. The SMILES string of the molecule is COc1ccc(CN2CC[C@H]3C=C[C@@H](c4ccccc4)[C@H](c4ccc(Br)cc4)[C@H]3C2=O)cc1. The lowest BCUT2D eigenvalue weighted by atomic mass is 9.63. The molecule has 5 rings (SSSR count). The summed E-state index contributed by atoms with van der Waals surface area (Å²) in [5.74, 6) is 1.61. The highest BCUT2D eigenvalue weighted by atomic mass is 79.9. The number of piperidine rings is 1. The molecule has 1 amide bonds. The van der Waals surface area contributed by atoms with Gasteiger partial charge in [0.05, 0.1) is 13.0 Å². The zero-order valence-electron chi connectivity index (χ0n) is 18.7. The Morgan fingerprint density at radius 3 is 2.30 bits per heavy atom. The fraction of sp³-hybridized carbons (Fsp3) is 0.276. The van der Waals surface area contributed by atoms with Crippen molar-refractivity contribution < 1.29 is 9.53 Å². The standard InChI is InChI=1S/C29H28BrNO2/c1-33-25-14-7-20(8-15-25)19-31-18-17-23-11-16-26(21-5-3-2-4-6-21)27(28(23)29(31)32)22-9-12-24(30)13-10-22/h2-16,23,26-28H,17-19H2,1H3/t23-,26+,27+,28+/m1/s1. The third-order valence-corrected chi connectivity index (χ3v) is 7.63. The number of methoxy groups -OCH3 is 1. The van der Waals surface area contributed by atoms with Crippen LogP contribution in [0.1, 0.15) is 34.9 Å². The van der Waals surface area contributed by atoms with Crippen LogP contribution in [0.2, 0.25) is 0 Å². The number of nitrogens with zero attached hydrogens (tertiary/aromatic N) is 1. The number of likely N-dealkylation sites (tertiary alicyclic amines) is 1. The maximum absolute atomic E-state index is 14.0. The molecular formula is C29H28BrNO2. The first-order valence-corrected chi connectivity index (χ1v) is 12.3. The van der Waals surface area contributed by atoms with Crippen LogP contribution in [0.5, 0.6) is 5.75 Å². The molecule has 3 nitrogen and oxygen atoms in total. The largest absolute Gasteiger partial charge is 0.497 e. The molecule has 0 bridgehead atoms. The molecule has 1 aliphatic carbocycles. The summed E-state index contributed by atoms with van der Waals surface area (Å²) in [6.07, 6.45) is 5.65. The number of ether oxygens (including phenoxy) is 1. The van der Waals surface area contributed by atoms with Crippen LogP contribution in [0.4, 0.5) is 0 Å². The van der Waals surface area contributed by atoms with Crippen molar-refractivity contribution in [1.29, 1.82) is 0 Å². The Kier molecular flexibility index (Phi) is 6.37. The van der Waals surface area contributed by atoms with Gasteiger partial charge in [0, 0.05) is 29.4 Å². The lowest BCUT2D eigenvalue weighted by molar-refractivity contribution is -0.142. The number of allylic oxidation sites excluding steroid dienone is 2. The van der Waals surface area contributed by atoms with Crippen molar-refractivity contribution >= 4 is 21.8 Å². The lowest BCUT2D eigenvalue weighted by Crippen LogP contribution is -2.49. The first kappa shape index (κ1) is 22.0. The second kappa shape index (κ2) is 9.56. The van der Waals surface area contributed by atoms with E-state index in [4.69, 9.17) is 4.74 Å². The van der Waals surface area contributed by atoms with Gasteiger partial charge in [-0.1, -0.05) is 82.7 Å². The van der Waals surface area contributed by atoms with Crippen LogP contribution in [0.15, 0.2) is 95.5 Å². The molecule has 0 radical (unpaired) electrons. The number of halogens is 1. The Hall–Kier alpha value is -2.85. The number of carbonyl (C=O) groups excluding carboxylic acids is 1. The molecule has 4 heteroatoms. The molecule has 1 aliphatic heterocycles. The van der Waals surface area contributed by atoms with E-state index in [1.807, 2.05) is 12.1 Å². The Labute approximate surface area is 204 Å². The van der Waals surface area contributed by atoms with Gasteiger partial charge in [0.25, 0.3) is 0 Å². The quantitative estimate of drug-likeness (QED) is 0.370. The highest BCUT2D eigenvalue weighted by molar-refractivity contribution is 9.10. The molecule has 2 aliphatic rings. The van der Waals surface area contributed by atoms with Crippen LogP contribution < -0.4 is 4.74 Å². The molecule has 1 saturated heterocycles. The Morgan fingerprint density at radius 2 is 1.61 bits per heavy atom. The highest BCUT2D eigenvalue weighted by Crippen LogP contribution is 2.49. The first-order valence-electron chi connectivity index (χ1n) is 11.5. The smallest absolute Gasteiger partial charge is 0.227 e. The van der Waals surface area contributed by atoms with E-state index < -0.39 is 0 Å². The summed E-state index contributed by atoms with van der Waals surface area (Å²) in [5.41, 5.74) is 3.62. The van der Waals surface area contributed by atoms with Crippen LogP contribution in [0.25, 0.3) is 0 Å². The topological polar surface area (TPSA) is 29.5 Å². The van der Waals surface area contributed by atoms with Gasteiger partial charge in [0.2, 0.25) is 5.91 Å². The fourth-order valence-corrected chi connectivity index (χ4v) is 5.70. The summed E-state index contributed by atoms with van der Waals surface area (Å²) < 4.78 is 6.34. The molecule has 1 heterocycles. The molecule has 3 aromatic carbocycles. The minimum absolute atomic E-state index is 0.0617. The van der Waals surface area contributed by atoms with Gasteiger partial charge in [0.1, 0.15) is 5.75 Å². The second-order valence-corrected chi connectivity index (χ2v) is 9.90. The van der Waals surface area contributed by atoms with Gasteiger partial charge in [-0.25, -0.2) is 0 Å². The van der Waals surface area contributed by atoms with E-state index in [-0.39, 0.29) is 29.6 Å². The average molecular weight is 502 g/mol. The van der Waals surface area contributed by atoms with Gasteiger partial charge >= 0.3 is 0 Å². The Morgan fingerprint density at radius 1 is 0.879 bits per heavy atom. The van der Waals surface area contributed by atoms with Gasteiger partial charge in [-0.15, -0.1) is 0 Å². The van der Waals surface area contributed by atoms with Crippen molar-refractivity contribution in [3.63, 3.8) is 0 Å². The molecule has 3 aromatic rings. The number of fused-ring (bicyclic) bond motifs is 1. The number of amides is 1. The molecular weight excluding hydrogens is 474 g/mol. The molecule has 4 atom stereocenters. The van der Waals surface area contributed by atoms with E-state index in [9.17, 15) is 4.79 Å². The normalized spacial score (nSPS) is 24.4.